The monoisotopic (exact) mass is 352 g/mol. The molecule has 0 atom stereocenters. The van der Waals surface area contributed by atoms with Gasteiger partial charge in [0.2, 0.25) is 0 Å². The van der Waals surface area contributed by atoms with Crippen molar-refractivity contribution in [2.24, 2.45) is 0 Å². The van der Waals surface area contributed by atoms with Crippen LogP contribution in [0.4, 0.5) is 5.82 Å². The van der Waals surface area contributed by atoms with Gasteiger partial charge < -0.3 is 14.9 Å². The van der Waals surface area contributed by atoms with Gasteiger partial charge in [-0.05, 0) is 67.3 Å². The van der Waals surface area contributed by atoms with Crippen molar-refractivity contribution in [3.8, 4) is 0 Å². The van der Waals surface area contributed by atoms with Gasteiger partial charge in [-0.3, -0.25) is 0 Å². The molecule has 3 rings (SSSR count). The van der Waals surface area contributed by atoms with Gasteiger partial charge in [0, 0.05) is 30.6 Å². The number of hydrogen-bond acceptors (Lipinski definition) is 4. The first-order valence-corrected chi connectivity index (χ1v) is 6.73. The van der Waals surface area contributed by atoms with E-state index in [2.05, 4.69) is 4.98 Å². The van der Waals surface area contributed by atoms with Crippen LogP contribution < -0.4 is 0 Å². The summed E-state index contributed by atoms with van der Waals surface area (Å²) in [6.45, 7) is 0.513. The smallest absolute Gasteiger partial charge is 0.384 e. The molecule has 1 aromatic heterocycles. The molecule has 1 aromatic rings. The Hall–Kier alpha value is -0.971. The molecule has 0 saturated heterocycles. The standard InChI is InChI=1S/C12H11N2O3.C5H5.Fe/c1-17-8-10-3-2-4-11(10)9-5-6-12(13-7-9)14(15)16;1-2-4-5-3-1;/h2-7H,8H2,1H3;1-5H;/q;;+2. The molecular formula is C17H16FeN2O3+2. The number of nitro groups is 1. The molecule has 2 fully saturated rings. The predicted octanol–water partition coefficient (Wildman–Crippen LogP) is 2.78. The van der Waals surface area contributed by atoms with E-state index in [0.29, 0.717) is 6.61 Å². The minimum atomic E-state index is -0.509. The maximum absolute atomic E-state index is 10.5. The number of methoxy groups -OCH3 is 1. The first-order valence-electron chi connectivity index (χ1n) is 6.73. The normalized spacial score (nSPS) is 18.1. The Labute approximate surface area is 148 Å². The molecule has 118 valence electrons. The van der Waals surface area contributed by atoms with Crippen LogP contribution in [0, 0.1) is 73.3 Å². The number of ether oxygens (including phenoxy) is 1. The summed E-state index contributed by atoms with van der Waals surface area (Å²) in [5.41, 5.74) is 0.854. The van der Waals surface area contributed by atoms with Gasteiger partial charge >= 0.3 is 22.9 Å². The third-order valence-electron chi connectivity index (χ3n) is 3.01. The van der Waals surface area contributed by atoms with E-state index in [4.69, 9.17) is 4.74 Å². The van der Waals surface area contributed by atoms with Crippen LogP contribution in [-0.4, -0.2) is 23.6 Å². The Balaban J connectivity index is 0.000000377. The van der Waals surface area contributed by atoms with Crippen LogP contribution in [-0.2, 0) is 21.8 Å². The van der Waals surface area contributed by atoms with Gasteiger partial charge in [-0.1, -0.05) is 0 Å². The average molecular weight is 352 g/mol. The maximum atomic E-state index is 10.5. The summed E-state index contributed by atoms with van der Waals surface area (Å²) in [6, 6.07) is 3.10. The van der Waals surface area contributed by atoms with Crippen molar-refractivity contribution in [2.45, 2.75) is 0 Å². The van der Waals surface area contributed by atoms with E-state index in [1.165, 1.54) is 12.3 Å². The zero-order valence-corrected chi connectivity index (χ0v) is 13.6. The summed E-state index contributed by atoms with van der Waals surface area (Å²) in [4.78, 5) is 13.8. The van der Waals surface area contributed by atoms with Crippen molar-refractivity contribution < 1.29 is 26.7 Å². The minimum absolute atomic E-state index is 0. The zero-order valence-electron chi connectivity index (χ0n) is 12.5. The van der Waals surface area contributed by atoms with Crippen molar-refractivity contribution in [3.05, 3.63) is 97.2 Å². The van der Waals surface area contributed by atoms with Gasteiger partial charge in [0.05, 0.1) is 6.61 Å². The van der Waals surface area contributed by atoms with E-state index in [-0.39, 0.29) is 22.9 Å². The van der Waals surface area contributed by atoms with Crippen LogP contribution in [0.25, 0.3) is 0 Å². The Kier molecular flexibility index (Phi) is 9.37. The Morgan fingerprint density at radius 3 is 2.22 bits per heavy atom. The third kappa shape index (κ3) is 6.21. The van der Waals surface area contributed by atoms with Crippen molar-refractivity contribution >= 4 is 5.82 Å². The SMILES string of the molecule is COC[C]1[CH][CH][CH][C]1c1ccc([N+](=O)[O-])nc1.[CH]1[CH][CH][CH][CH]1.[Fe+2]. The first-order chi connectivity index (χ1) is 10.7. The number of pyridine rings is 1. The molecule has 0 aromatic carbocycles. The van der Waals surface area contributed by atoms with E-state index in [9.17, 15) is 10.1 Å². The summed E-state index contributed by atoms with van der Waals surface area (Å²) >= 11 is 0. The molecule has 6 heteroatoms. The van der Waals surface area contributed by atoms with Gasteiger partial charge in [-0.25, -0.2) is 0 Å². The molecule has 0 unspecified atom stereocenters. The molecule has 10 radical (unpaired) electrons. The summed E-state index contributed by atoms with van der Waals surface area (Å²) in [7, 11) is 1.63. The topological polar surface area (TPSA) is 65.3 Å². The first kappa shape index (κ1) is 20.1. The second-order valence-electron chi connectivity index (χ2n) is 4.52. The molecule has 5 nitrogen and oxygen atoms in total. The number of aromatic nitrogens is 1. The van der Waals surface area contributed by atoms with Gasteiger partial charge in [0.1, 0.15) is 6.20 Å². The molecule has 0 bridgehead atoms. The molecular weight excluding hydrogens is 336 g/mol. The fraction of sp³-hybridized carbons (Fsp3) is 0.118. The van der Waals surface area contributed by atoms with Gasteiger partial charge in [0.25, 0.3) is 0 Å². The van der Waals surface area contributed by atoms with Crippen LogP contribution in [0.3, 0.4) is 0 Å². The number of rotatable bonds is 4. The van der Waals surface area contributed by atoms with Crippen LogP contribution in [0.1, 0.15) is 5.56 Å². The third-order valence-corrected chi connectivity index (χ3v) is 3.01. The molecule has 0 aliphatic heterocycles. The molecule has 2 saturated carbocycles. The van der Waals surface area contributed by atoms with E-state index in [1.807, 2.05) is 51.4 Å². The van der Waals surface area contributed by atoms with Crippen molar-refractivity contribution in [1.29, 1.82) is 0 Å². The largest absolute Gasteiger partial charge is 2.00 e. The van der Waals surface area contributed by atoms with Crippen LogP contribution in [0.5, 0.6) is 0 Å². The Morgan fingerprint density at radius 1 is 1.09 bits per heavy atom. The number of nitrogens with zero attached hydrogens (tertiary/aromatic N) is 2. The van der Waals surface area contributed by atoms with Gasteiger partial charge in [-0.15, -0.1) is 0 Å². The molecule has 2 aliphatic rings. The van der Waals surface area contributed by atoms with Gasteiger partial charge in [0.15, 0.2) is 0 Å². The van der Waals surface area contributed by atoms with E-state index >= 15 is 0 Å². The maximum Gasteiger partial charge on any atom is 2.00 e. The van der Waals surface area contributed by atoms with Crippen molar-refractivity contribution in [3.63, 3.8) is 0 Å². The Bertz CT molecular complexity index is 456. The van der Waals surface area contributed by atoms with E-state index < -0.39 is 4.92 Å². The second-order valence-corrected chi connectivity index (χ2v) is 4.52. The summed E-state index contributed by atoms with van der Waals surface area (Å²) in [5, 5.41) is 10.5. The molecule has 0 N–H and O–H groups in total. The summed E-state index contributed by atoms with van der Waals surface area (Å²) in [5.74, 6) is 1.89. The van der Waals surface area contributed by atoms with Crippen molar-refractivity contribution in [1.82, 2.24) is 4.98 Å². The molecule has 0 spiro atoms. The summed E-state index contributed by atoms with van der Waals surface area (Å²) in [6.07, 6.45) is 17.3. The van der Waals surface area contributed by atoms with Crippen LogP contribution >= 0.6 is 0 Å². The van der Waals surface area contributed by atoms with Crippen molar-refractivity contribution in [2.75, 3.05) is 13.7 Å². The van der Waals surface area contributed by atoms with Gasteiger partial charge in [-0.2, -0.15) is 0 Å². The molecule has 23 heavy (non-hydrogen) atoms. The molecule has 0 amide bonds. The molecule has 1 heterocycles. The minimum Gasteiger partial charge on any atom is -0.384 e. The second kappa shape index (κ2) is 10.7. The van der Waals surface area contributed by atoms with E-state index in [0.717, 1.165) is 17.4 Å². The quantitative estimate of drug-likeness (QED) is 0.475. The fourth-order valence-electron chi connectivity index (χ4n) is 1.99. The average Bonchev–Trinajstić information content (AvgIpc) is 3.22. The number of hydrogen-bond donors (Lipinski definition) is 0. The van der Waals surface area contributed by atoms with Crippen LogP contribution in [0.15, 0.2) is 18.3 Å². The summed E-state index contributed by atoms with van der Waals surface area (Å²) < 4.78 is 5.08. The predicted molar refractivity (Wildman–Crippen MR) is 82.8 cm³/mol. The Morgan fingerprint density at radius 2 is 1.74 bits per heavy atom. The zero-order chi connectivity index (χ0) is 15.8. The van der Waals surface area contributed by atoms with Crippen LogP contribution in [0.2, 0.25) is 0 Å². The fourth-order valence-corrected chi connectivity index (χ4v) is 1.99. The van der Waals surface area contributed by atoms with E-state index in [1.54, 1.807) is 13.2 Å². The molecule has 2 aliphatic carbocycles.